The number of nitrogens with zero attached hydrogens (tertiary/aromatic N) is 2. The number of carbonyl (C=O) groups is 3. The summed E-state index contributed by atoms with van der Waals surface area (Å²) in [5.74, 6) is -1.21. The number of nitrogens with one attached hydrogen (secondary N) is 2. The molecule has 2 aromatic rings. The zero-order valence-corrected chi connectivity index (χ0v) is 16.6. The molecule has 158 valence electrons. The standard InChI is InChI=1S/C21H24FN5O3/c1-14(20(29)25-17-6-2-15(3-7-17)19(23)28)24-21(30)27-12-10-26(11-13-27)18-8-4-16(22)5-9-18/h2-9,14H,10-13H2,1H3,(H2,23,28)(H,24,30)(H,25,29)/t14-/m0/s1. The maximum atomic E-state index is 13.1. The van der Waals surface area contributed by atoms with Gasteiger partial charge in [0.1, 0.15) is 11.9 Å². The molecule has 9 heteroatoms. The number of rotatable bonds is 5. The van der Waals surface area contributed by atoms with Gasteiger partial charge >= 0.3 is 6.03 Å². The second kappa shape index (κ2) is 9.25. The summed E-state index contributed by atoms with van der Waals surface area (Å²) < 4.78 is 13.1. The van der Waals surface area contributed by atoms with Gasteiger partial charge in [0.2, 0.25) is 11.8 Å². The Hall–Kier alpha value is -3.62. The Morgan fingerprint density at radius 2 is 1.57 bits per heavy atom. The number of piperazine rings is 1. The Labute approximate surface area is 173 Å². The first-order chi connectivity index (χ1) is 14.3. The van der Waals surface area contributed by atoms with Crippen molar-refractivity contribution >= 4 is 29.2 Å². The van der Waals surface area contributed by atoms with Crippen LogP contribution < -0.4 is 21.3 Å². The van der Waals surface area contributed by atoms with E-state index in [0.29, 0.717) is 37.4 Å². The Morgan fingerprint density at radius 3 is 2.13 bits per heavy atom. The topological polar surface area (TPSA) is 108 Å². The van der Waals surface area contributed by atoms with E-state index in [0.717, 1.165) is 5.69 Å². The van der Waals surface area contributed by atoms with Gasteiger partial charge in [-0.3, -0.25) is 9.59 Å². The van der Waals surface area contributed by atoms with Crippen molar-refractivity contribution in [3.05, 3.63) is 59.9 Å². The maximum Gasteiger partial charge on any atom is 0.318 e. The van der Waals surface area contributed by atoms with Crippen molar-refractivity contribution in [2.45, 2.75) is 13.0 Å². The van der Waals surface area contributed by atoms with Gasteiger partial charge in [0.25, 0.3) is 0 Å². The fraction of sp³-hybridized carbons (Fsp3) is 0.286. The van der Waals surface area contributed by atoms with Gasteiger partial charge in [-0.1, -0.05) is 0 Å². The Morgan fingerprint density at radius 1 is 0.967 bits per heavy atom. The molecule has 2 aromatic carbocycles. The van der Waals surface area contributed by atoms with Crippen LogP contribution in [0.15, 0.2) is 48.5 Å². The third-order valence-corrected chi connectivity index (χ3v) is 4.93. The van der Waals surface area contributed by atoms with Crippen LogP contribution >= 0.6 is 0 Å². The lowest BCUT2D eigenvalue weighted by Crippen LogP contribution is -2.54. The lowest BCUT2D eigenvalue weighted by atomic mass is 10.2. The van der Waals surface area contributed by atoms with E-state index in [4.69, 9.17) is 5.73 Å². The number of halogens is 1. The summed E-state index contributed by atoms with van der Waals surface area (Å²) in [7, 11) is 0. The number of hydrogen-bond donors (Lipinski definition) is 3. The van der Waals surface area contributed by atoms with Gasteiger partial charge in [-0.25, -0.2) is 9.18 Å². The number of primary amides is 1. The fourth-order valence-corrected chi connectivity index (χ4v) is 3.13. The molecule has 1 atom stereocenters. The number of benzene rings is 2. The van der Waals surface area contributed by atoms with Crippen molar-refractivity contribution in [1.29, 1.82) is 0 Å². The molecular weight excluding hydrogens is 389 g/mol. The molecule has 1 saturated heterocycles. The minimum atomic E-state index is -0.747. The fourth-order valence-electron chi connectivity index (χ4n) is 3.13. The molecule has 4 N–H and O–H groups in total. The van der Waals surface area contributed by atoms with Crippen molar-refractivity contribution in [2.24, 2.45) is 5.73 Å². The smallest absolute Gasteiger partial charge is 0.318 e. The number of carbonyl (C=O) groups excluding carboxylic acids is 3. The highest BCUT2D eigenvalue weighted by Crippen LogP contribution is 2.17. The third-order valence-electron chi connectivity index (χ3n) is 4.93. The first-order valence-corrected chi connectivity index (χ1v) is 9.60. The molecular formula is C21H24FN5O3. The molecule has 1 aliphatic heterocycles. The van der Waals surface area contributed by atoms with Crippen LogP contribution in [0.5, 0.6) is 0 Å². The average Bonchev–Trinajstić information content (AvgIpc) is 2.74. The summed E-state index contributed by atoms with van der Waals surface area (Å²) in [6.45, 7) is 3.82. The quantitative estimate of drug-likeness (QED) is 0.694. The summed E-state index contributed by atoms with van der Waals surface area (Å²) in [6.07, 6.45) is 0. The van der Waals surface area contributed by atoms with Crippen LogP contribution in [-0.2, 0) is 4.79 Å². The van der Waals surface area contributed by atoms with Crippen molar-refractivity contribution in [3.63, 3.8) is 0 Å². The number of anilines is 2. The molecule has 4 amide bonds. The number of amides is 4. The van der Waals surface area contributed by atoms with E-state index in [1.807, 2.05) is 0 Å². The molecule has 30 heavy (non-hydrogen) atoms. The molecule has 0 unspecified atom stereocenters. The van der Waals surface area contributed by atoms with Crippen LogP contribution in [0.4, 0.5) is 20.6 Å². The van der Waals surface area contributed by atoms with Gasteiger partial charge in [0, 0.05) is 43.1 Å². The third kappa shape index (κ3) is 5.25. The van der Waals surface area contributed by atoms with Crippen LogP contribution in [0.2, 0.25) is 0 Å². The number of hydrogen-bond acceptors (Lipinski definition) is 4. The maximum absolute atomic E-state index is 13.1. The van der Waals surface area contributed by atoms with Crippen LogP contribution in [0.25, 0.3) is 0 Å². The van der Waals surface area contributed by atoms with E-state index in [2.05, 4.69) is 15.5 Å². The summed E-state index contributed by atoms with van der Waals surface area (Å²) >= 11 is 0. The zero-order valence-electron chi connectivity index (χ0n) is 16.6. The van der Waals surface area contributed by atoms with Crippen molar-refractivity contribution < 1.29 is 18.8 Å². The van der Waals surface area contributed by atoms with E-state index in [9.17, 15) is 18.8 Å². The van der Waals surface area contributed by atoms with Gasteiger partial charge in [0.15, 0.2) is 0 Å². The van der Waals surface area contributed by atoms with Gasteiger partial charge in [-0.05, 0) is 55.5 Å². The first kappa shape index (κ1) is 21.1. The molecule has 0 radical (unpaired) electrons. The van der Waals surface area contributed by atoms with E-state index >= 15 is 0 Å². The molecule has 0 spiro atoms. The lowest BCUT2D eigenvalue weighted by Gasteiger charge is -2.36. The Bertz CT molecular complexity index is 909. The lowest BCUT2D eigenvalue weighted by molar-refractivity contribution is -0.117. The van der Waals surface area contributed by atoms with Crippen molar-refractivity contribution in [2.75, 3.05) is 36.4 Å². The van der Waals surface area contributed by atoms with Gasteiger partial charge in [0.05, 0.1) is 0 Å². The largest absolute Gasteiger partial charge is 0.368 e. The first-order valence-electron chi connectivity index (χ1n) is 9.60. The van der Waals surface area contributed by atoms with Crippen LogP contribution in [-0.4, -0.2) is 55.0 Å². The van der Waals surface area contributed by atoms with Gasteiger partial charge < -0.3 is 26.2 Å². The molecule has 0 aromatic heterocycles. The van der Waals surface area contributed by atoms with E-state index in [1.165, 1.54) is 24.3 Å². The second-order valence-corrected chi connectivity index (χ2v) is 7.05. The van der Waals surface area contributed by atoms with Crippen LogP contribution in [0, 0.1) is 5.82 Å². The molecule has 0 saturated carbocycles. The summed E-state index contributed by atoms with van der Waals surface area (Å²) in [5, 5.41) is 5.38. The minimum absolute atomic E-state index is 0.284. The zero-order chi connectivity index (χ0) is 21.7. The molecule has 1 aliphatic rings. The van der Waals surface area contributed by atoms with Crippen LogP contribution in [0.3, 0.4) is 0 Å². The SMILES string of the molecule is C[C@H](NC(=O)N1CCN(c2ccc(F)cc2)CC1)C(=O)Nc1ccc(C(N)=O)cc1. The average molecular weight is 413 g/mol. The Kier molecular flexibility index (Phi) is 6.51. The Balaban J connectivity index is 1.47. The van der Waals surface area contributed by atoms with E-state index in [-0.39, 0.29) is 17.8 Å². The normalized spacial score (nSPS) is 14.7. The number of urea groups is 1. The molecule has 1 heterocycles. The molecule has 1 fully saturated rings. The van der Waals surface area contributed by atoms with Crippen molar-refractivity contribution in [3.8, 4) is 0 Å². The summed E-state index contributed by atoms with van der Waals surface area (Å²) in [4.78, 5) is 39.6. The molecule has 3 rings (SSSR count). The van der Waals surface area contributed by atoms with E-state index in [1.54, 1.807) is 36.1 Å². The predicted molar refractivity (Wildman–Crippen MR) is 112 cm³/mol. The monoisotopic (exact) mass is 413 g/mol. The second-order valence-electron chi connectivity index (χ2n) is 7.05. The number of nitrogens with two attached hydrogens (primary N) is 1. The summed E-state index contributed by atoms with van der Waals surface area (Å²) in [6, 6.07) is 11.4. The summed E-state index contributed by atoms with van der Waals surface area (Å²) in [5.41, 5.74) is 6.94. The van der Waals surface area contributed by atoms with E-state index < -0.39 is 11.9 Å². The minimum Gasteiger partial charge on any atom is -0.368 e. The highest BCUT2D eigenvalue weighted by molar-refractivity contribution is 5.97. The molecule has 0 bridgehead atoms. The predicted octanol–water partition coefficient (Wildman–Crippen LogP) is 1.78. The van der Waals surface area contributed by atoms with Crippen LogP contribution in [0.1, 0.15) is 17.3 Å². The highest BCUT2D eigenvalue weighted by Gasteiger charge is 2.24. The highest BCUT2D eigenvalue weighted by atomic mass is 19.1. The van der Waals surface area contributed by atoms with Crippen molar-refractivity contribution in [1.82, 2.24) is 10.2 Å². The van der Waals surface area contributed by atoms with Gasteiger partial charge in [-0.2, -0.15) is 0 Å². The molecule has 8 nitrogen and oxygen atoms in total. The molecule has 0 aliphatic carbocycles. The van der Waals surface area contributed by atoms with Gasteiger partial charge in [-0.15, -0.1) is 0 Å².